The summed E-state index contributed by atoms with van der Waals surface area (Å²) in [5.74, 6) is 0.949. The molecule has 0 radical (unpaired) electrons. The van der Waals surface area contributed by atoms with Gasteiger partial charge in [0.25, 0.3) is 0 Å². The van der Waals surface area contributed by atoms with Crippen LogP contribution < -0.4 is 5.32 Å². The lowest BCUT2D eigenvalue weighted by Gasteiger charge is -2.18. The fraction of sp³-hybridized carbons (Fsp3) is 0.467. The standard InChI is InChI=1S/C15H21ClN4/c1-2-4-14(12-6-8-13(16)9-7-12)17-10-3-5-15-18-11-19-20-15/h6-9,11,14,17H,2-5,10H2,1H3,(H,18,19,20). The molecule has 0 aliphatic heterocycles. The Balaban J connectivity index is 1.81. The maximum absolute atomic E-state index is 5.94. The number of aromatic nitrogens is 3. The number of nitrogens with zero attached hydrogens (tertiary/aromatic N) is 2. The van der Waals surface area contributed by atoms with Crippen molar-refractivity contribution in [2.24, 2.45) is 0 Å². The van der Waals surface area contributed by atoms with Crippen LogP contribution in [0.25, 0.3) is 0 Å². The van der Waals surface area contributed by atoms with E-state index >= 15 is 0 Å². The summed E-state index contributed by atoms with van der Waals surface area (Å²) < 4.78 is 0. The second-order valence-electron chi connectivity index (χ2n) is 4.88. The quantitative estimate of drug-likeness (QED) is 0.732. The van der Waals surface area contributed by atoms with Gasteiger partial charge in [0.15, 0.2) is 0 Å². The van der Waals surface area contributed by atoms with Crippen molar-refractivity contribution >= 4 is 11.6 Å². The summed E-state index contributed by atoms with van der Waals surface area (Å²) >= 11 is 5.94. The van der Waals surface area contributed by atoms with Crippen molar-refractivity contribution in [3.63, 3.8) is 0 Å². The first-order valence-electron chi connectivity index (χ1n) is 7.12. The Labute approximate surface area is 125 Å². The third-order valence-electron chi connectivity index (χ3n) is 3.30. The molecule has 0 aliphatic carbocycles. The van der Waals surface area contributed by atoms with Crippen molar-refractivity contribution in [2.75, 3.05) is 6.54 Å². The van der Waals surface area contributed by atoms with Crippen LogP contribution in [-0.4, -0.2) is 21.7 Å². The Morgan fingerprint density at radius 1 is 1.30 bits per heavy atom. The highest BCUT2D eigenvalue weighted by molar-refractivity contribution is 6.30. The summed E-state index contributed by atoms with van der Waals surface area (Å²) in [5, 5.41) is 11.1. The van der Waals surface area contributed by atoms with E-state index in [1.165, 1.54) is 5.56 Å². The normalized spacial score (nSPS) is 12.5. The molecule has 0 saturated carbocycles. The number of aryl methyl sites for hydroxylation is 1. The first-order chi connectivity index (χ1) is 9.79. The number of halogens is 1. The van der Waals surface area contributed by atoms with Crippen molar-refractivity contribution in [2.45, 2.75) is 38.6 Å². The molecule has 1 atom stereocenters. The molecule has 0 aliphatic rings. The van der Waals surface area contributed by atoms with E-state index in [2.05, 4.69) is 39.6 Å². The molecule has 0 amide bonds. The van der Waals surface area contributed by atoms with Crippen LogP contribution in [-0.2, 0) is 6.42 Å². The molecule has 2 aromatic rings. The van der Waals surface area contributed by atoms with Crippen molar-refractivity contribution < 1.29 is 0 Å². The van der Waals surface area contributed by atoms with Gasteiger partial charge < -0.3 is 5.32 Å². The van der Waals surface area contributed by atoms with Gasteiger partial charge in [0.1, 0.15) is 12.2 Å². The monoisotopic (exact) mass is 292 g/mol. The molecule has 5 heteroatoms. The highest BCUT2D eigenvalue weighted by Crippen LogP contribution is 2.20. The first-order valence-corrected chi connectivity index (χ1v) is 7.50. The molecule has 1 aromatic carbocycles. The van der Waals surface area contributed by atoms with Gasteiger partial charge in [0, 0.05) is 17.5 Å². The van der Waals surface area contributed by atoms with Gasteiger partial charge in [-0.25, -0.2) is 4.98 Å². The van der Waals surface area contributed by atoms with Gasteiger partial charge in [-0.1, -0.05) is 37.1 Å². The van der Waals surface area contributed by atoms with Crippen molar-refractivity contribution in [1.29, 1.82) is 0 Å². The predicted molar refractivity (Wildman–Crippen MR) is 81.8 cm³/mol. The minimum Gasteiger partial charge on any atom is -0.310 e. The van der Waals surface area contributed by atoms with E-state index in [0.717, 1.165) is 43.1 Å². The summed E-state index contributed by atoms with van der Waals surface area (Å²) in [6.45, 7) is 3.17. The van der Waals surface area contributed by atoms with E-state index in [1.54, 1.807) is 6.33 Å². The van der Waals surface area contributed by atoms with Gasteiger partial charge in [-0.2, -0.15) is 5.10 Å². The smallest absolute Gasteiger partial charge is 0.137 e. The molecular formula is C15H21ClN4. The molecule has 0 saturated heterocycles. The summed E-state index contributed by atoms with van der Waals surface area (Å²) in [7, 11) is 0. The minimum atomic E-state index is 0.395. The van der Waals surface area contributed by atoms with Gasteiger partial charge in [-0.05, 0) is 37.1 Å². The van der Waals surface area contributed by atoms with E-state index in [0.29, 0.717) is 6.04 Å². The zero-order valence-electron chi connectivity index (χ0n) is 11.8. The maximum atomic E-state index is 5.94. The van der Waals surface area contributed by atoms with Crippen LogP contribution >= 0.6 is 11.6 Å². The SMILES string of the molecule is CCCC(NCCCc1ncn[nH]1)c1ccc(Cl)cc1. The summed E-state index contributed by atoms with van der Waals surface area (Å²) in [5.41, 5.74) is 1.30. The molecule has 1 heterocycles. The Bertz CT molecular complexity index is 481. The topological polar surface area (TPSA) is 53.6 Å². The molecule has 2 rings (SSSR count). The zero-order chi connectivity index (χ0) is 14.2. The second-order valence-corrected chi connectivity index (χ2v) is 5.32. The summed E-state index contributed by atoms with van der Waals surface area (Å²) in [4.78, 5) is 4.13. The maximum Gasteiger partial charge on any atom is 0.137 e. The molecule has 4 nitrogen and oxygen atoms in total. The molecular weight excluding hydrogens is 272 g/mol. The first kappa shape index (κ1) is 15.0. The molecule has 1 unspecified atom stereocenters. The Hall–Kier alpha value is -1.39. The Kier molecular flexibility index (Phi) is 6.02. The van der Waals surface area contributed by atoms with Gasteiger partial charge in [0.05, 0.1) is 0 Å². The van der Waals surface area contributed by atoms with E-state index < -0.39 is 0 Å². The van der Waals surface area contributed by atoms with Crippen molar-refractivity contribution in [3.8, 4) is 0 Å². The van der Waals surface area contributed by atoms with Crippen LogP contribution in [0, 0.1) is 0 Å². The third-order valence-corrected chi connectivity index (χ3v) is 3.55. The minimum absolute atomic E-state index is 0.395. The summed E-state index contributed by atoms with van der Waals surface area (Å²) in [6.07, 6.45) is 5.80. The largest absolute Gasteiger partial charge is 0.310 e. The Morgan fingerprint density at radius 3 is 2.75 bits per heavy atom. The van der Waals surface area contributed by atoms with Gasteiger partial charge >= 0.3 is 0 Å². The van der Waals surface area contributed by atoms with E-state index in [9.17, 15) is 0 Å². The van der Waals surface area contributed by atoms with Crippen LogP contribution in [0.2, 0.25) is 5.02 Å². The number of nitrogens with one attached hydrogen (secondary N) is 2. The molecule has 0 fully saturated rings. The van der Waals surface area contributed by atoms with Crippen LogP contribution in [0.5, 0.6) is 0 Å². The fourth-order valence-electron chi connectivity index (χ4n) is 2.25. The highest BCUT2D eigenvalue weighted by Gasteiger charge is 2.09. The second kappa shape index (κ2) is 8.02. The van der Waals surface area contributed by atoms with Crippen molar-refractivity contribution in [1.82, 2.24) is 20.5 Å². The predicted octanol–water partition coefficient (Wildman–Crippen LogP) is 3.52. The highest BCUT2D eigenvalue weighted by atomic mass is 35.5. The number of H-pyrrole nitrogens is 1. The number of hydrogen-bond acceptors (Lipinski definition) is 3. The molecule has 20 heavy (non-hydrogen) atoms. The lowest BCUT2D eigenvalue weighted by molar-refractivity contribution is 0.486. The van der Waals surface area contributed by atoms with Crippen LogP contribution in [0.4, 0.5) is 0 Å². The molecule has 108 valence electrons. The van der Waals surface area contributed by atoms with E-state index in [-0.39, 0.29) is 0 Å². The number of hydrogen-bond donors (Lipinski definition) is 2. The van der Waals surface area contributed by atoms with Crippen molar-refractivity contribution in [3.05, 3.63) is 47.0 Å². The van der Waals surface area contributed by atoms with E-state index in [1.807, 2.05) is 12.1 Å². The average Bonchev–Trinajstić information content (AvgIpc) is 2.96. The lowest BCUT2D eigenvalue weighted by Crippen LogP contribution is -2.22. The fourth-order valence-corrected chi connectivity index (χ4v) is 2.38. The number of rotatable bonds is 8. The zero-order valence-corrected chi connectivity index (χ0v) is 12.5. The van der Waals surface area contributed by atoms with E-state index in [4.69, 9.17) is 11.6 Å². The molecule has 1 aromatic heterocycles. The lowest BCUT2D eigenvalue weighted by atomic mass is 10.0. The molecule has 2 N–H and O–H groups in total. The van der Waals surface area contributed by atoms with Crippen LogP contribution in [0.15, 0.2) is 30.6 Å². The average molecular weight is 293 g/mol. The number of aromatic amines is 1. The number of benzene rings is 1. The van der Waals surface area contributed by atoms with Gasteiger partial charge in [-0.15, -0.1) is 0 Å². The third kappa shape index (κ3) is 4.62. The Morgan fingerprint density at radius 2 is 2.10 bits per heavy atom. The molecule has 0 spiro atoms. The summed E-state index contributed by atoms with van der Waals surface area (Å²) in [6, 6.07) is 8.51. The van der Waals surface area contributed by atoms with Gasteiger partial charge in [-0.3, -0.25) is 5.10 Å². The van der Waals surface area contributed by atoms with Gasteiger partial charge in [0.2, 0.25) is 0 Å². The van der Waals surface area contributed by atoms with Crippen LogP contribution in [0.1, 0.15) is 43.6 Å². The van der Waals surface area contributed by atoms with Crippen LogP contribution in [0.3, 0.4) is 0 Å². The molecule has 0 bridgehead atoms.